The summed E-state index contributed by atoms with van der Waals surface area (Å²) >= 11 is 3.39. The Kier molecular flexibility index (Phi) is 4.82. The lowest BCUT2D eigenvalue weighted by Gasteiger charge is -2.16. The standard InChI is InChI=1S/C19H16BrN3O4S/c20-12-4-7-15-16(9-12)21-10-17(28(26,27)23-13-5-6-13)18(15)22-14-3-1-2-11(8-14)19(24)25/h1-4,7-10,13,23H,5-6H2,(H,21,22)(H,24,25). The molecule has 1 aliphatic carbocycles. The molecule has 3 N–H and O–H groups in total. The fourth-order valence-electron chi connectivity index (χ4n) is 2.84. The van der Waals surface area contributed by atoms with E-state index in [2.05, 4.69) is 31.0 Å². The van der Waals surface area contributed by atoms with Crippen LogP contribution < -0.4 is 10.0 Å². The highest BCUT2D eigenvalue weighted by molar-refractivity contribution is 9.10. The second kappa shape index (κ2) is 7.16. The minimum Gasteiger partial charge on any atom is -0.478 e. The molecule has 0 saturated heterocycles. The summed E-state index contributed by atoms with van der Waals surface area (Å²) in [4.78, 5) is 15.6. The number of nitrogens with one attached hydrogen (secondary N) is 2. The number of nitrogens with zero attached hydrogens (tertiary/aromatic N) is 1. The third kappa shape index (κ3) is 3.87. The van der Waals surface area contributed by atoms with Crippen LogP contribution in [0, 0.1) is 0 Å². The summed E-state index contributed by atoms with van der Waals surface area (Å²) in [5, 5.41) is 12.9. The summed E-state index contributed by atoms with van der Waals surface area (Å²) < 4.78 is 29.3. The first-order valence-corrected chi connectivity index (χ1v) is 10.8. The summed E-state index contributed by atoms with van der Waals surface area (Å²) in [5.74, 6) is -1.06. The third-order valence-corrected chi connectivity index (χ3v) is 6.39. The normalized spacial score (nSPS) is 14.2. The van der Waals surface area contributed by atoms with Crippen molar-refractivity contribution in [2.45, 2.75) is 23.8 Å². The maximum Gasteiger partial charge on any atom is 0.335 e. The van der Waals surface area contributed by atoms with Gasteiger partial charge in [-0.3, -0.25) is 4.98 Å². The van der Waals surface area contributed by atoms with Crippen LogP contribution in [0.5, 0.6) is 0 Å². The molecular formula is C19H16BrN3O4S. The van der Waals surface area contributed by atoms with Crippen LogP contribution >= 0.6 is 15.9 Å². The van der Waals surface area contributed by atoms with Crippen molar-refractivity contribution in [1.29, 1.82) is 0 Å². The van der Waals surface area contributed by atoms with Crippen LogP contribution in [0.2, 0.25) is 0 Å². The minimum atomic E-state index is -3.78. The number of aromatic nitrogens is 1. The molecule has 144 valence electrons. The Morgan fingerprint density at radius 1 is 1.18 bits per heavy atom. The smallest absolute Gasteiger partial charge is 0.335 e. The first-order chi connectivity index (χ1) is 13.3. The zero-order chi connectivity index (χ0) is 19.9. The highest BCUT2D eigenvalue weighted by Gasteiger charge is 2.30. The van der Waals surface area contributed by atoms with E-state index in [1.165, 1.54) is 18.3 Å². The first-order valence-electron chi connectivity index (χ1n) is 8.54. The number of sulfonamides is 1. The topological polar surface area (TPSA) is 108 Å². The number of fused-ring (bicyclic) bond motifs is 1. The van der Waals surface area contributed by atoms with Gasteiger partial charge >= 0.3 is 5.97 Å². The zero-order valence-electron chi connectivity index (χ0n) is 14.5. The van der Waals surface area contributed by atoms with Crippen LogP contribution in [0.4, 0.5) is 11.4 Å². The van der Waals surface area contributed by atoms with Crippen LogP contribution in [-0.4, -0.2) is 30.5 Å². The van der Waals surface area contributed by atoms with Crippen molar-refractivity contribution >= 4 is 54.2 Å². The molecule has 1 fully saturated rings. The Hall–Kier alpha value is -2.49. The number of aromatic carboxylic acids is 1. The summed E-state index contributed by atoms with van der Waals surface area (Å²) in [6.45, 7) is 0. The summed E-state index contributed by atoms with van der Waals surface area (Å²) in [6.07, 6.45) is 2.95. The molecule has 3 aromatic rings. The number of hydrogen-bond acceptors (Lipinski definition) is 5. The number of pyridine rings is 1. The lowest BCUT2D eigenvalue weighted by Crippen LogP contribution is -2.26. The molecule has 0 atom stereocenters. The summed E-state index contributed by atoms with van der Waals surface area (Å²) in [6, 6.07) is 11.5. The van der Waals surface area contributed by atoms with Gasteiger partial charge in [0.1, 0.15) is 4.90 Å². The molecule has 0 unspecified atom stereocenters. The van der Waals surface area contributed by atoms with Crippen LogP contribution in [0.25, 0.3) is 10.9 Å². The zero-order valence-corrected chi connectivity index (χ0v) is 16.9. The second-order valence-electron chi connectivity index (χ2n) is 6.57. The Morgan fingerprint density at radius 3 is 2.68 bits per heavy atom. The molecule has 1 aromatic heterocycles. The number of halogens is 1. The molecule has 28 heavy (non-hydrogen) atoms. The van der Waals surface area contributed by atoms with Gasteiger partial charge in [0.2, 0.25) is 10.0 Å². The molecule has 0 amide bonds. The van der Waals surface area contributed by atoms with Gasteiger partial charge < -0.3 is 10.4 Å². The molecular weight excluding hydrogens is 446 g/mol. The molecule has 0 aliphatic heterocycles. The Morgan fingerprint density at radius 2 is 1.96 bits per heavy atom. The molecule has 2 aromatic carbocycles. The molecule has 0 radical (unpaired) electrons. The fourth-order valence-corrected chi connectivity index (χ4v) is 4.61. The van der Waals surface area contributed by atoms with Crippen LogP contribution in [0.15, 0.2) is 58.0 Å². The Bertz CT molecular complexity index is 1190. The summed E-state index contributed by atoms with van der Waals surface area (Å²) in [7, 11) is -3.78. The van der Waals surface area contributed by atoms with Gasteiger partial charge in [0, 0.05) is 27.8 Å². The van der Waals surface area contributed by atoms with Gasteiger partial charge in [-0.15, -0.1) is 0 Å². The lowest BCUT2D eigenvalue weighted by atomic mass is 10.1. The number of anilines is 2. The summed E-state index contributed by atoms with van der Waals surface area (Å²) in [5.41, 5.74) is 1.54. The van der Waals surface area contributed by atoms with E-state index in [1.54, 1.807) is 30.3 Å². The van der Waals surface area contributed by atoms with E-state index >= 15 is 0 Å². The lowest BCUT2D eigenvalue weighted by molar-refractivity contribution is 0.0697. The first kappa shape index (κ1) is 18.9. The molecule has 0 bridgehead atoms. The average molecular weight is 462 g/mol. The Balaban J connectivity index is 1.87. The van der Waals surface area contributed by atoms with Crippen LogP contribution in [0.1, 0.15) is 23.2 Å². The van der Waals surface area contributed by atoms with E-state index in [0.717, 1.165) is 17.3 Å². The third-order valence-electron chi connectivity index (χ3n) is 4.36. The minimum absolute atomic E-state index is 0.0231. The van der Waals surface area contributed by atoms with E-state index in [9.17, 15) is 18.3 Å². The van der Waals surface area contributed by atoms with Crippen molar-refractivity contribution in [3.05, 3.63) is 58.7 Å². The van der Waals surface area contributed by atoms with Crippen molar-refractivity contribution in [2.75, 3.05) is 5.32 Å². The highest BCUT2D eigenvalue weighted by Crippen LogP contribution is 2.34. The monoisotopic (exact) mass is 461 g/mol. The number of rotatable bonds is 6. The molecule has 1 aliphatic rings. The molecule has 4 rings (SSSR count). The maximum atomic E-state index is 12.9. The maximum absolute atomic E-state index is 12.9. The SMILES string of the molecule is O=C(O)c1cccc(Nc2c(S(=O)(=O)NC3CC3)cnc3cc(Br)ccc23)c1. The Labute approximate surface area is 170 Å². The van der Waals surface area contributed by atoms with Crippen molar-refractivity contribution < 1.29 is 18.3 Å². The van der Waals surface area contributed by atoms with Crippen molar-refractivity contribution in [1.82, 2.24) is 9.71 Å². The molecule has 9 heteroatoms. The van der Waals surface area contributed by atoms with Gasteiger partial charge in [-0.05, 0) is 49.2 Å². The largest absolute Gasteiger partial charge is 0.478 e. The quantitative estimate of drug-likeness (QED) is 0.513. The van der Waals surface area contributed by atoms with E-state index in [4.69, 9.17) is 0 Å². The van der Waals surface area contributed by atoms with Gasteiger partial charge in [-0.2, -0.15) is 0 Å². The second-order valence-corrected chi connectivity index (χ2v) is 9.16. The van der Waals surface area contributed by atoms with Gasteiger partial charge in [0.15, 0.2) is 0 Å². The van der Waals surface area contributed by atoms with Gasteiger partial charge in [-0.1, -0.05) is 22.0 Å². The number of carboxylic acids is 1. The van der Waals surface area contributed by atoms with E-state index in [0.29, 0.717) is 22.3 Å². The highest BCUT2D eigenvalue weighted by atomic mass is 79.9. The molecule has 1 heterocycles. The predicted molar refractivity (Wildman–Crippen MR) is 109 cm³/mol. The number of carboxylic acid groups (broad SMARTS) is 1. The number of benzene rings is 2. The van der Waals surface area contributed by atoms with Crippen LogP contribution in [-0.2, 0) is 10.0 Å². The molecule has 0 spiro atoms. The number of hydrogen-bond donors (Lipinski definition) is 3. The van der Waals surface area contributed by atoms with Crippen molar-refractivity contribution in [2.24, 2.45) is 0 Å². The van der Waals surface area contributed by atoms with Gasteiger partial charge in [0.05, 0.1) is 16.8 Å². The average Bonchev–Trinajstić information content (AvgIpc) is 3.45. The van der Waals surface area contributed by atoms with Gasteiger partial charge in [-0.25, -0.2) is 17.9 Å². The van der Waals surface area contributed by atoms with Crippen molar-refractivity contribution in [3.8, 4) is 0 Å². The van der Waals surface area contributed by atoms with E-state index in [1.807, 2.05) is 0 Å². The van der Waals surface area contributed by atoms with Gasteiger partial charge in [0.25, 0.3) is 0 Å². The molecule has 7 nitrogen and oxygen atoms in total. The molecule has 1 saturated carbocycles. The number of carbonyl (C=O) groups is 1. The van der Waals surface area contributed by atoms with E-state index < -0.39 is 16.0 Å². The fraction of sp³-hybridized carbons (Fsp3) is 0.158. The van der Waals surface area contributed by atoms with E-state index in [-0.39, 0.29) is 16.5 Å². The van der Waals surface area contributed by atoms with Crippen LogP contribution in [0.3, 0.4) is 0 Å². The van der Waals surface area contributed by atoms with Crippen molar-refractivity contribution in [3.63, 3.8) is 0 Å². The predicted octanol–water partition coefficient (Wildman–Crippen LogP) is 3.88.